The van der Waals surface area contributed by atoms with Crippen LogP contribution in [0.15, 0.2) is 54.6 Å². The maximum atomic E-state index is 4.91. The number of thiazole rings is 1. The van der Waals surface area contributed by atoms with Gasteiger partial charge >= 0.3 is 0 Å². The van der Waals surface area contributed by atoms with E-state index in [1.807, 2.05) is 25.1 Å². The number of tetrazole rings is 1. The maximum Gasteiger partial charge on any atom is 0.157 e. The van der Waals surface area contributed by atoms with Crippen LogP contribution in [0.3, 0.4) is 0 Å². The van der Waals surface area contributed by atoms with Gasteiger partial charge in [-0.05, 0) is 17.4 Å². The summed E-state index contributed by atoms with van der Waals surface area (Å²) in [6.45, 7) is 4.13. The molecule has 5 nitrogen and oxygen atoms in total. The molecule has 0 aliphatic heterocycles. The van der Waals surface area contributed by atoms with Crippen LogP contribution in [0.2, 0.25) is 0 Å². The average molecular weight is 347 g/mol. The van der Waals surface area contributed by atoms with Gasteiger partial charge in [-0.1, -0.05) is 78.4 Å². The predicted octanol–water partition coefficient (Wildman–Crippen LogP) is 4.32. The summed E-state index contributed by atoms with van der Waals surface area (Å²) in [6, 6.07) is 18.6. The molecule has 2 aromatic carbocycles. The number of hydrogen-bond donors (Lipinski definition) is 0. The van der Waals surface area contributed by atoms with Gasteiger partial charge in [0.25, 0.3) is 0 Å². The van der Waals surface area contributed by atoms with E-state index in [1.165, 1.54) is 5.56 Å². The Bertz CT molecular complexity index is 986. The van der Waals surface area contributed by atoms with Gasteiger partial charge in [-0.3, -0.25) is 0 Å². The molecule has 0 radical (unpaired) electrons. The first-order chi connectivity index (χ1) is 12.3. The van der Waals surface area contributed by atoms with E-state index < -0.39 is 0 Å². The highest BCUT2D eigenvalue weighted by molar-refractivity contribution is 7.18. The van der Waals surface area contributed by atoms with Crippen LogP contribution in [-0.4, -0.2) is 25.2 Å². The van der Waals surface area contributed by atoms with Gasteiger partial charge in [0.2, 0.25) is 0 Å². The van der Waals surface area contributed by atoms with E-state index in [4.69, 9.17) is 4.98 Å². The van der Waals surface area contributed by atoms with Crippen molar-refractivity contribution in [3.63, 3.8) is 0 Å². The molecule has 2 aromatic heterocycles. The summed E-state index contributed by atoms with van der Waals surface area (Å²) in [5.41, 5.74) is 4.29. The lowest BCUT2D eigenvalue weighted by Gasteiger charge is -2.04. The van der Waals surface area contributed by atoms with Gasteiger partial charge in [-0.25, -0.2) is 4.98 Å². The predicted molar refractivity (Wildman–Crippen MR) is 99.8 cm³/mol. The second-order valence-electron chi connectivity index (χ2n) is 5.77. The molecule has 0 saturated heterocycles. The molecule has 0 amide bonds. The molecule has 0 aliphatic rings. The summed E-state index contributed by atoms with van der Waals surface area (Å²) in [5, 5.41) is 14.1. The molecule has 0 atom stereocenters. The molecule has 25 heavy (non-hydrogen) atoms. The Labute approximate surface area is 150 Å². The molecule has 0 spiro atoms. The van der Waals surface area contributed by atoms with Crippen molar-refractivity contribution in [1.82, 2.24) is 25.2 Å². The quantitative estimate of drug-likeness (QED) is 0.551. The van der Waals surface area contributed by atoms with E-state index in [2.05, 4.69) is 58.8 Å². The van der Waals surface area contributed by atoms with Crippen LogP contribution in [0.5, 0.6) is 0 Å². The van der Waals surface area contributed by atoms with Gasteiger partial charge < -0.3 is 0 Å². The largest absolute Gasteiger partial charge is 0.234 e. The first kappa shape index (κ1) is 15.7. The molecule has 6 heteroatoms. The van der Waals surface area contributed by atoms with Crippen LogP contribution in [0.1, 0.15) is 18.3 Å². The first-order valence-electron chi connectivity index (χ1n) is 8.17. The lowest BCUT2D eigenvalue weighted by Crippen LogP contribution is -2.01. The van der Waals surface area contributed by atoms with Crippen molar-refractivity contribution < 1.29 is 0 Å². The molecule has 4 rings (SSSR count). The van der Waals surface area contributed by atoms with Gasteiger partial charge in [0.05, 0.1) is 0 Å². The summed E-state index contributed by atoms with van der Waals surface area (Å²) in [6.07, 6.45) is 0.763. The summed E-state index contributed by atoms with van der Waals surface area (Å²) in [7, 11) is 0. The number of aryl methyl sites for hydroxylation is 2. The third-order valence-corrected chi connectivity index (χ3v) is 5.08. The summed E-state index contributed by atoms with van der Waals surface area (Å²) in [4.78, 5) is 4.91. The summed E-state index contributed by atoms with van der Waals surface area (Å²) >= 11 is 1.61. The Hall–Kier alpha value is -2.86. The minimum atomic E-state index is 0.763. The number of rotatable bonds is 4. The molecular weight excluding hydrogens is 330 g/mol. The van der Waals surface area contributed by atoms with Crippen molar-refractivity contribution >= 4 is 11.3 Å². The van der Waals surface area contributed by atoms with Crippen molar-refractivity contribution in [3.8, 4) is 26.8 Å². The fraction of sp³-hybridized carbons (Fsp3) is 0.158. The van der Waals surface area contributed by atoms with Crippen LogP contribution >= 0.6 is 11.3 Å². The van der Waals surface area contributed by atoms with Crippen LogP contribution in [0.25, 0.3) is 26.8 Å². The van der Waals surface area contributed by atoms with E-state index in [9.17, 15) is 0 Å². The van der Waals surface area contributed by atoms with E-state index in [0.717, 1.165) is 39.1 Å². The molecule has 4 aromatic rings. The monoisotopic (exact) mass is 347 g/mol. The maximum absolute atomic E-state index is 4.91. The summed E-state index contributed by atoms with van der Waals surface area (Å²) in [5.74, 6) is 0.830. The fourth-order valence-corrected chi connectivity index (χ4v) is 3.71. The van der Waals surface area contributed by atoms with Gasteiger partial charge in [0.1, 0.15) is 15.7 Å². The highest BCUT2D eigenvalue weighted by Gasteiger charge is 2.19. The normalized spacial score (nSPS) is 11.0. The molecule has 0 aliphatic carbocycles. The Balaban J connectivity index is 1.92. The minimum Gasteiger partial charge on any atom is -0.234 e. The molecule has 0 bridgehead atoms. The third kappa shape index (κ3) is 2.96. The van der Waals surface area contributed by atoms with Gasteiger partial charge in [-0.2, -0.15) is 4.68 Å². The van der Waals surface area contributed by atoms with E-state index in [-0.39, 0.29) is 0 Å². The van der Waals surface area contributed by atoms with E-state index in [1.54, 1.807) is 16.0 Å². The molecule has 0 saturated carbocycles. The van der Waals surface area contributed by atoms with Crippen molar-refractivity contribution in [3.05, 3.63) is 66.0 Å². The molecule has 0 fully saturated rings. The van der Waals surface area contributed by atoms with Gasteiger partial charge in [-0.15, -0.1) is 5.10 Å². The van der Waals surface area contributed by atoms with Crippen LogP contribution in [0.4, 0.5) is 0 Å². The molecular formula is C19H17N5S. The smallest absolute Gasteiger partial charge is 0.157 e. The topological polar surface area (TPSA) is 56.5 Å². The molecule has 124 valence electrons. The molecule has 0 unspecified atom stereocenters. The van der Waals surface area contributed by atoms with E-state index >= 15 is 0 Å². The zero-order chi connectivity index (χ0) is 17.2. The Kier molecular flexibility index (Phi) is 4.11. The standard InChI is InChI=1S/C19H17N5S/c1-3-16-21-22-23-24(16)19-17(14-11-9-13(2)10-12-14)20-18(25-19)15-7-5-4-6-8-15/h4-12H,3H2,1-2H3. The number of nitrogens with zero attached hydrogens (tertiary/aromatic N) is 5. The lowest BCUT2D eigenvalue weighted by atomic mass is 10.1. The number of aromatic nitrogens is 5. The first-order valence-corrected chi connectivity index (χ1v) is 8.99. The van der Waals surface area contributed by atoms with Crippen molar-refractivity contribution in [2.75, 3.05) is 0 Å². The second-order valence-corrected chi connectivity index (χ2v) is 6.74. The van der Waals surface area contributed by atoms with Crippen LogP contribution in [0, 0.1) is 6.92 Å². The number of benzene rings is 2. The van der Waals surface area contributed by atoms with Gasteiger partial charge in [0.15, 0.2) is 5.82 Å². The molecule has 2 heterocycles. The zero-order valence-electron chi connectivity index (χ0n) is 14.0. The lowest BCUT2D eigenvalue weighted by molar-refractivity contribution is 0.776. The average Bonchev–Trinajstić information content (AvgIpc) is 3.29. The minimum absolute atomic E-state index is 0.763. The molecule has 0 N–H and O–H groups in total. The van der Waals surface area contributed by atoms with Crippen LogP contribution in [-0.2, 0) is 6.42 Å². The SMILES string of the molecule is CCc1nnnn1-c1sc(-c2ccccc2)nc1-c1ccc(C)cc1. The van der Waals surface area contributed by atoms with E-state index in [0.29, 0.717) is 0 Å². The Morgan fingerprint density at radius 3 is 2.44 bits per heavy atom. The third-order valence-electron chi connectivity index (χ3n) is 4.00. The number of hydrogen-bond acceptors (Lipinski definition) is 5. The second kappa shape index (κ2) is 6.57. The van der Waals surface area contributed by atoms with Crippen molar-refractivity contribution in [2.45, 2.75) is 20.3 Å². The summed E-state index contributed by atoms with van der Waals surface area (Å²) < 4.78 is 1.80. The zero-order valence-corrected chi connectivity index (χ0v) is 14.9. The van der Waals surface area contributed by atoms with Crippen molar-refractivity contribution in [1.29, 1.82) is 0 Å². The van der Waals surface area contributed by atoms with Gasteiger partial charge in [0, 0.05) is 17.5 Å². The van der Waals surface area contributed by atoms with Crippen LogP contribution < -0.4 is 0 Å². The highest BCUT2D eigenvalue weighted by atomic mass is 32.1. The van der Waals surface area contributed by atoms with Crippen molar-refractivity contribution in [2.24, 2.45) is 0 Å². The Morgan fingerprint density at radius 1 is 0.960 bits per heavy atom. The highest BCUT2D eigenvalue weighted by Crippen LogP contribution is 2.36. The fourth-order valence-electron chi connectivity index (χ4n) is 2.64. The Morgan fingerprint density at radius 2 is 1.72 bits per heavy atom.